The summed E-state index contributed by atoms with van der Waals surface area (Å²) in [6.45, 7) is 6.27. The summed E-state index contributed by atoms with van der Waals surface area (Å²) in [5.41, 5.74) is 0. The number of amides is 2. The number of carbonyl (C=O) groups is 1. The molecule has 0 saturated heterocycles. The van der Waals surface area contributed by atoms with Gasteiger partial charge in [0.2, 0.25) is 0 Å². The Morgan fingerprint density at radius 2 is 2.13 bits per heavy atom. The van der Waals surface area contributed by atoms with Crippen molar-refractivity contribution in [2.24, 2.45) is 11.8 Å². The van der Waals surface area contributed by atoms with Crippen molar-refractivity contribution in [2.75, 3.05) is 6.61 Å². The normalized spacial score (nSPS) is 26.2. The van der Waals surface area contributed by atoms with Crippen molar-refractivity contribution in [3.05, 3.63) is 0 Å². The number of aliphatic hydroxyl groups excluding tert-OH is 1. The second-order valence-electron chi connectivity index (χ2n) is 4.95. The molecule has 1 aliphatic rings. The van der Waals surface area contributed by atoms with Crippen LogP contribution in [0.15, 0.2) is 0 Å². The molecule has 88 valence electrons. The Bertz CT molecular complexity index is 219. The highest BCUT2D eigenvalue weighted by Crippen LogP contribution is 2.28. The highest BCUT2D eigenvalue weighted by Gasteiger charge is 2.34. The van der Waals surface area contributed by atoms with E-state index < -0.39 is 0 Å². The van der Waals surface area contributed by atoms with Crippen LogP contribution in [0.2, 0.25) is 0 Å². The zero-order valence-corrected chi connectivity index (χ0v) is 9.79. The van der Waals surface area contributed by atoms with Crippen molar-refractivity contribution >= 4 is 6.03 Å². The SMILES string of the molecule is CC(C)CC(CO)NC(=O)NC1CC1C. The number of carbonyl (C=O) groups excluding carboxylic acids is 1. The van der Waals surface area contributed by atoms with Crippen LogP contribution < -0.4 is 10.6 Å². The lowest BCUT2D eigenvalue weighted by molar-refractivity contribution is 0.206. The van der Waals surface area contributed by atoms with Crippen molar-refractivity contribution < 1.29 is 9.90 Å². The van der Waals surface area contributed by atoms with E-state index in [2.05, 4.69) is 31.4 Å². The van der Waals surface area contributed by atoms with Gasteiger partial charge >= 0.3 is 6.03 Å². The fourth-order valence-electron chi connectivity index (χ4n) is 1.67. The van der Waals surface area contributed by atoms with Crippen LogP contribution >= 0.6 is 0 Å². The molecule has 1 fully saturated rings. The van der Waals surface area contributed by atoms with Crippen molar-refractivity contribution in [3.63, 3.8) is 0 Å². The summed E-state index contributed by atoms with van der Waals surface area (Å²) in [6.07, 6.45) is 1.88. The van der Waals surface area contributed by atoms with Gasteiger partial charge < -0.3 is 15.7 Å². The molecule has 4 nitrogen and oxygen atoms in total. The zero-order valence-electron chi connectivity index (χ0n) is 9.79. The third-order valence-electron chi connectivity index (χ3n) is 2.74. The average molecular weight is 214 g/mol. The Morgan fingerprint density at radius 3 is 2.53 bits per heavy atom. The smallest absolute Gasteiger partial charge is 0.315 e. The second-order valence-corrected chi connectivity index (χ2v) is 4.95. The molecule has 3 atom stereocenters. The first-order valence-corrected chi connectivity index (χ1v) is 5.70. The van der Waals surface area contributed by atoms with E-state index in [9.17, 15) is 4.79 Å². The molecule has 0 spiro atoms. The summed E-state index contributed by atoms with van der Waals surface area (Å²) in [5, 5.41) is 14.8. The van der Waals surface area contributed by atoms with Crippen LogP contribution in [0, 0.1) is 11.8 Å². The van der Waals surface area contributed by atoms with Crippen LogP contribution in [0.5, 0.6) is 0 Å². The van der Waals surface area contributed by atoms with Gasteiger partial charge in [0.25, 0.3) is 0 Å². The minimum atomic E-state index is -0.149. The van der Waals surface area contributed by atoms with Gasteiger partial charge in [-0.2, -0.15) is 0 Å². The quantitative estimate of drug-likeness (QED) is 0.642. The van der Waals surface area contributed by atoms with Gasteiger partial charge in [-0.25, -0.2) is 4.79 Å². The molecule has 3 unspecified atom stereocenters. The molecule has 0 aromatic carbocycles. The van der Waals surface area contributed by atoms with Crippen LogP contribution in [-0.2, 0) is 0 Å². The highest BCUT2D eigenvalue weighted by molar-refractivity contribution is 5.75. The van der Waals surface area contributed by atoms with E-state index in [-0.39, 0.29) is 18.7 Å². The van der Waals surface area contributed by atoms with Gasteiger partial charge in [0.1, 0.15) is 0 Å². The fraction of sp³-hybridized carbons (Fsp3) is 0.909. The fourth-order valence-corrected chi connectivity index (χ4v) is 1.67. The first-order chi connectivity index (χ1) is 7.02. The minimum absolute atomic E-state index is 0.00577. The van der Waals surface area contributed by atoms with E-state index in [4.69, 9.17) is 5.11 Å². The summed E-state index contributed by atoms with van der Waals surface area (Å²) < 4.78 is 0. The number of hydrogen-bond acceptors (Lipinski definition) is 2. The standard InChI is InChI=1S/C11H22N2O2/c1-7(2)4-9(6-14)12-11(15)13-10-5-8(10)3/h7-10,14H,4-6H2,1-3H3,(H2,12,13,15). The van der Waals surface area contributed by atoms with Crippen molar-refractivity contribution in [1.82, 2.24) is 10.6 Å². The van der Waals surface area contributed by atoms with Gasteiger partial charge in [0, 0.05) is 6.04 Å². The molecular formula is C11H22N2O2. The Kier molecular flexibility index (Phi) is 4.39. The van der Waals surface area contributed by atoms with Gasteiger partial charge in [-0.05, 0) is 24.7 Å². The molecule has 0 aromatic rings. The van der Waals surface area contributed by atoms with Crippen LogP contribution in [0.1, 0.15) is 33.6 Å². The van der Waals surface area contributed by atoms with Crippen LogP contribution in [0.4, 0.5) is 4.79 Å². The molecule has 0 radical (unpaired) electrons. The summed E-state index contributed by atoms with van der Waals surface area (Å²) in [4.78, 5) is 11.5. The lowest BCUT2D eigenvalue weighted by atomic mass is 10.0. The molecule has 1 saturated carbocycles. The van der Waals surface area contributed by atoms with E-state index in [0.717, 1.165) is 12.8 Å². The molecule has 3 N–H and O–H groups in total. The van der Waals surface area contributed by atoms with E-state index >= 15 is 0 Å². The summed E-state index contributed by atoms with van der Waals surface area (Å²) in [6, 6.07) is 0.0616. The van der Waals surface area contributed by atoms with Gasteiger partial charge in [-0.1, -0.05) is 20.8 Å². The van der Waals surface area contributed by atoms with E-state index in [1.807, 2.05) is 0 Å². The maximum Gasteiger partial charge on any atom is 0.315 e. The largest absolute Gasteiger partial charge is 0.394 e. The van der Waals surface area contributed by atoms with Crippen LogP contribution in [-0.4, -0.2) is 29.8 Å². The molecule has 0 heterocycles. The first-order valence-electron chi connectivity index (χ1n) is 5.70. The Labute approximate surface area is 91.4 Å². The lowest BCUT2D eigenvalue weighted by Crippen LogP contribution is -2.45. The predicted molar refractivity (Wildman–Crippen MR) is 59.6 cm³/mol. The monoisotopic (exact) mass is 214 g/mol. The molecule has 1 rings (SSSR count). The molecule has 0 aliphatic heterocycles. The summed E-state index contributed by atoms with van der Waals surface area (Å²) in [5.74, 6) is 1.08. The summed E-state index contributed by atoms with van der Waals surface area (Å²) in [7, 11) is 0. The van der Waals surface area contributed by atoms with E-state index in [0.29, 0.717) is 17.9 Å². The number of hydrogen-bond donors (Lipinski definition) is 3. The third-order valence-corrected chi connectivity index (χ3v) is 2.74. The third kappa shape index (κ3) is 4.51. The average Bonchev–Trinajstić information content (AvgIpc) is 2.79. The van der Waals surface area contributed by atoms with Gasteiger partial charge in [-0.3, -0.25) is 0 Å². The number of urea groups is 1. The molecular weight excluding hydrogens is 192 g/mol. The Hall–Kier alpha value is -0.770. The summed E-state index contributed by atoms with van der Waals surface area (Å²) >= 11 is 0. The van der Waals surface area contributed by atoms with Crippen molar-refractivity contribution in [1.29, 1.82) is 0 Å². The maximum absolute atomic E-state index is 11.5. The van der Waals surface area contributed by atoms with Crippen molar-refractivity contribution in [2.45, 2.75) is 45.7 Å². The predicted octanol–water partition coefficient (Wildman–Crippen LogP) is 1.10. The van der Waals surface area contributed by atoms with Gasteiger partial charge in [0.15, 0.2) is 0 Å². The molecule has 0 bridgehead atoms. The molecule has 0 aromatic heterocycles. The number of nitrogens with one attached hydrogen (secondary N) is 2. The zero-order chi connectivity index (χ0) is 11.4. The highest BCUT2D eigenvalue weighted by atomic mass is 16.3. The molecule has 15 heavy (non-hydrogen) atoms. The van der Waals surface area contributed by atoms with Gasteiger partial charge in [-0.15, -0.1) is 0 Å². The number of aliphatic hydroxyl groups is 1. The minimum Gasteiger partial charge on any atom is -0.394 e. The molecule has 4 heteroatoms. The van der Waals surface area contributed by atoms with Crippen molar-refractivity contribution in [3.8, 4) is 0 Å². The number of rotatable bonds is 5. The van der Waals surface area contributed by atoms with Crippen LogP contribution in [0.3, 0.4) is 0 Å². The second kappa shape index (κ2) is 5.35. The molecule has 2 amide bonds. The van der Waals surface area contributed by atoms with E-state index in [1.165, 1.54) is 0 Å². The Morgan fingerprint density at radius 1 is 1.53 bits per heavy atom. The van der Waals surface area contributed by atoms with Crippen LogP contribution in [0.25, 0.3) is 0 Å². The van der Waals surface area contributed by atoms with E-state index in [1.54, 1.807) is 0 Å². The molecule has 1 aliphatic carbocycles. The lowest BCUT2D eigenvalue weighted by Gasteiger charge is -2.18. The maximum atomic E-state index is 11.5. The first kappa shape index (κ1) is 12.3. The topological polar surface area (TPSA) is 61.4 Å². The van der Waals surface area contributed by atoms with Gasteiger partial charge in [0.05, 0.1) is 12.6 Å². The Balaban J connectivity index is 2.21.